The van der Waals surface area contributed by atoms with E-state index in [1.807, 2.05) is 0 Å². The summed E-state index contributed by atoms with van der Waals surface area (Å²) in [4.78, 5) is 0. The number of fused-ring (bicyclic) bond motifs is 3. The minimum atomic E-state index is 0.143. The molecule has 0 amide bonds. The topological polar surface area (TPSA) is 55.4 Å². The summed E-state index contributed by atoms with van der Waals surface area (Å²) in [5.74, 6) is 3.20. The highest BCUT2D eigenvalue weighted by Gasteiger charge is 2.53. The number of allylic oxidation sites excluding steroid dienone is 1. The monoisotopic (exact) mass is 364 g/mol. The van der Waals surface area contributed by atoms with Gasteiger partial charge in [0, 0.05) is 11.8 Å². The van der Waals surface area contributed by atoms with Crippen LogP contribution in [0.25, 0.3) is 0 Å². The fraction of sp³-hybridized carbons (Fsp3) is 0.900. The summed E-state index contributed by atoms with van der Waals surface area (Å²) in [6.45, 7) is 2.56. The molecule has 6 aliphatic rings. The van der Waals surface area contributed by atoms with Gasteiger partial charge in [-0.05, 0) is 50.0 Å². The first-order valence-electron chi connectivity index (χ1n) is 10.3. The number of hydrogen-bond donors (Lipinski definition) is 0. The van der Waals surface area contributed by atoms with Gasteiger partial charge in [0.1, 0.15) is 18.7 Å². The SMILES string of the molecule is C1=C2OCOC2CC([C@H]2OC[C@H]3[C@@H]2CO[C@@H]3C2CCC3OCOC3C2)C1. The van der Waals surface area contributed by atoms with Gasteiger partial charge >= 0.3 is 0 Å². The van der Waals surface area contributed by atoms with Gasteiger partial charge in [0.2, 0.25) is 0 Å². The smallest absolute Gasteiger partial charge is 0.189 e. The fourth-order valence-electron chi connectivity index (χ4n) is 6.24. The molecule has 6 heteroatoms. The van der Waals surface area contributed by atoms with Crippen molar-refractivity contribution in [1.29, 1.82) is 0 Å². The van der Waals surface area contributed by atoms with Gasteiger partial charge in [-0.2, -0.15) is 0 Å². The zero-order valence-corrected chi connectivity index (χ0v) is 15.1. The molecule has 0 spiro atoms. The van der Waals surface area contributed by atoms with E-state index < -0.39 is 0 Å². The Hall–Kier alpha value is -0.660. The second-order valence-corrected chi connectivity index (χ2v) is 8.78. The highest BCUT2D eigenvalue weighted by Crippen LogP contribution is 2.48. The van der Waals surface area contributed by atoms with Crippen molar-refractivity contribution in [2.75, 3.05) is 26.8 Å². The molecule has 26 heavy (non-hydrogen) atoms. The van der Waals surface area contributed by atoms with Crippen LogP contribution in [0.1, 0.15) is 32.1 Å². The van der Waals surface area contributed by atoms with Gasteiger partial charge in [0.25, 0.3) is 0 Å². The van der Waals surface area contributed by atoms with Crippen LogP contribution in [0.3, 0.4) is 0 Å². The molecule has 4 aliphatic heterocycles. The Morgan fingerprint density at radius 2 is 1.54 bits per heavy atom. The Kier molecular flexibility index (Phi) is 4.05. The first-order valence-corrected chi connectivity index (χ1v) is 10.3. The quantitative estimate of drug-likeness (QED) is 0.749. The highest BCUT2D eigenvalue weighted by atomic mass is 16.7. The summed E-state index contributed by atoms with van der Waals surface area (Å²) in [7, 11) is 0. The van der Waals surface area contributed by atoms with Crippen LogP contribution < -0.4 is 0 Å². The second-order valence-electron chi connectivity index (χ2n) is 8.78. The van der Waals surface area contributed by atoms with E-state index in [1.165, 1.54) is 6.42 Å². The van der Waals surface area contributed by atoms with E-state index in [0.29, 0.717) is 55.6 Å². The van der Waals surface area contributed by atoms with Gasteiger partial charge in [-0.15, -0.1) is 0 Å². The molecule has 0 N–H and O–H groups in total. The minimum absolute atomic E-state index is 0.143. The van der Waals surface area contributed by atoms with Gasteiger partial charge in [-0.3, -0.25) is 0 Å². The lowest BCUT2D eigenvalue weighted by Crippen LogP contribution is -2.39. The molecular weight excluding hydrogens is 336 g/mol. The molecule has 0 bridgehead atoms. The van der Waals surface area contributed by atoms with Gasteiger partial charge in [-0.1, -0.05) is 0 Å². The van der Waals surface area contributed by atoms with Gasteiger partial charge in [-0.25, -0.2) is 0 Å². The molecule has 0 radical (unpaired) electrons. The third kappa shape index (κ3) is 2.57. The van der Waals surface area contributed by atoms with Crippen LogP contribution in [0.4, 0.5) is 0 Å². The van der Waals surface area contributed by atoms with Gasteiger partial charge in [0.05, 0.1) is 37.6 Å². The van der Waals surface area contributed by atoms with E-state index in [9.17, 15) is 0 Å². The Labute approximate surface area is 154 Å². The van der Waals surface area contributed by atoms with Crippen molar-refractivity contribution in [3.05, 3.63) is 11.8 Å². The molecule has 1 saturated carbocycles. The lowest BCUT2D eigenvalue weighted by Gasteiger charge is -2.34. The van der Waals surface area contributed by atoms with Crippen LogP contribution in [-0.4, -0.2) is 57.3 Å². The largest absolute Gasteiger partial charge is 0.469 e. The van der Waals surface area contributed by atoms with Crippen LogP contribution in [0.2, 0.25) is 0 Å². The van der Waals surface area contributed by atoms with E-state index in [-0.39, 0.29) is 12.2 Å². The van der Waals surface area contributed by atoms with Crippen molar-refractivity contribution in [3.8, 4) is 0 Å². The first kappa shape index (κ1) is 16.3. The normalized spacial score (nSPS) is 52.9. The summed E-state index contributed by atoms with van der Waals surface area (Å²) in [5.41, 5.74) is 0. The molecule has 2 aliphatic carbocycles. The zero-order valence-electron chi connectivity index (χ0n) is 15.1. The lowest BCUT2D eigenvalue weighted by molar-refractivity contribution is -0.0443. The molecule has 4 heterocycles. The number of ether oxygens (including phenoxy) is 6. The molecule has 0 aromatic heterocycles. The van der Waals surface area contributed by atoms with Crippen LogP contribution >= 0.6 is 0 Å². The number of hydrogen-bond acceptors (Lipinski definition) is 6. The zero-order chi connectivity index (χ0) is 17.1. The van der Waals surface area contributed by atoms with Gasteiger partial charge < -0.3 is 28.4 Å². The summed E-state index contributed by atoms with van der Waals surface area (Å²) in [6, 6.07) is 0. The summed E-state index contributed by atoms with van der Waals surface area (Å²) < 4.78 is 35.4. The van der Waals surface area contributed by atoms with E-state index in [4.69, 9.17) is 28.4 Å². The maximum atomic E-state index is 6.37. The molecule has 0 aromatic rings. The molecule has 6 nitrogen and oxygen atoms in total. The molecule has 9 atom stereocenters. The maximum Gasteiger partial charge on any atom is 0.189 e. The van der Waals surface area contributed by atoms with Crippen molar-refractivity contribution in [2.24, 2.45) is 23.7 Å². The third-order valence-corrected chi connectivity index (χ3v) is 7.57. The molecule has 0 aromatic carbocycles. The van der Waals surface area contributed by atoms with Crippen LogP contribution in [0, 0.1) is 23.7 Å². The van der Waals surface area contributed by atoms with E-state index in [1.54, 1.807) is 0 Å². The fourth-order valence-corrected chi connectivity index (χ4v) is 6.24. The average Bonchev–Trinajstić information content (AvgIpc) is 3.42. The highest BCUT2D eigenvalue weighted by molar-refractivity contribution is 5.11. The molecule has 6 rings (SSSR count). The van der Waals surface area contributed by atoms with Crippen molar-refractivity contribution in [2.45, 2.75) is 62.6 Å². The lowest BCUT2D eigenvalue weighted by atomic mass is 9.74. The van der Waals surface area contributed by atoms with E-state index >= 15 is 0 Å². The average molecular weight is 364 g/mol. The predicted octanol–water partition coefficient (Wildman–Crippen LogP) is 2.22. The Balaban J connectivity index is 1.13. The second kappa shape index (κ2) is 6.45. The van der Waals surface area contributed by atoms with Crippen molar-refractivity contribution in [3.63, 3.8) is 0 Å². The molecule has 4 saturated heterocycles. The van der Waals surface area contributed by atoms with Crippen LogP contribution in [0.5, 0.6) is 0 Å². The third-order valence-electron chi connectivity index (χ3n) is 7.57. The van der Waals surface area contributed by atoms with Crippen molar-refractivity contribution < 1.29 is 28.4 Å². The standard InChI is InChI=1S/C20H28O6/c1-3-15-17(25-9-23-15)5-11(1)19-13-7-22-20(14(13)8-21-19)12-2-4-16-18(6-12)26-10-24-16/h3,11-14,16-20H,1-2,4-10H2/t11?,12?,13-,14-,16?,17?,18?,19+,20+/m0/s1. The van der Waals surface area contributed by atoms with E-state index in [0.717, 1.165) is 44.7 Å². The number of rotatable bonds is 2. The van der Waals surface area contributed by atoms with Crippen molar-refractivity contribution >= 4 is 0 Å². The Morgan fingerprint density at radius 3 is 2.42 bits per heavy atom. The summed E-state index contributed by atoms with van der Waals surface area (Å²) >= 11 is 0. The molecule has 5 fully saturated rings. The minimum Gasteiger partial charge on any atom is -0.469 e. The van der Waals surface area contributed by atoms with Crippen LogP contribution in [0.15, 0.2) is 11.8 Å². The van der Waals surface area contributed by atoms with E-state index in [2.05, 4.69) is 6.08 Å². The van der Waals surface area contributed by atoms with Gasteiger partial charge in [0.15, 0.2) is 6.79 Å². The predicted molar refractivity (Wildman–Crippen MR) is 90.0 cm³/mol. The molecule has 144 valence electrons. The first-order chi connectivity index (χ1) is 12.9. The maximum absolute atomic E-state index is 6.37. The van der Waals surface area contributed by atoms with Crippen molar-refractivity contribution in [1.82, 2.24) is 0 Å². The Morgan fingerprint density at radius 1 is 0.731 bits per heavy atom. The molecule has 5 unspecified atom stereocenters. The summed E-state index contributed by atoms with van der Waals surface area (Å²) in [5, 5.41) is 0. The Bertz CT molecular complexity index is 579. The molecular formula is C20H28O6. The summed E-state index contributed by atoms with van der Waals surface area (Å²) in [6.07, 6.45) is 8.99. The van der Waals surface area contributed by atoms with Crippen LogP contribution in [-0.2, 0) is 28.4 Å².